The number of benzene rings is 1. The van der Waals surface area contributed by atoms with Crippen LogP contribution in [-0.4, -0.2) is 24.1 Å². The maximum atomic E-state index is 12.3. The molecule has 2 aliphatic heterocycles. The molecule has 23 heavy (non-hydrogen) atoms. The first-order valence-corrected chi connectivity index (χ1v) is 8.89. The fraction of sp³-hybridized carbons (Fsp3) is 0.611. The number of piperidine rings is 1. The van der Waals surface area contributed by atoms with Crippen molar-refractivity contribution in [1.29, 1.82) is 0 Å². The van der Waals surface area contributed by atoms with Crippen molar-refractivity contribution in [2.75, 3.05) is 5.32 Å². The average molecular weight is 337 g/mol. The Kier molecular flexibility index (Phi) is 5.12. The number of nitrogens with one attached hydrogen (secondary N) is 2. The first-order chi connectivity index (χ1) is 11.0. The lowest BCUT2D eigenvalue weighted by molar-refractivity contribution is -0.117. The molecule has 0 saturated carbocycles. The molecule has 0 aliphatic carbocycles. The van der Waals surface area contributed by atoms with E-state index >= 15 is 0 Å². The highest BCUT2D eigenvalue weighted by molar-refractivity contribution is 6.32. The number of amides is 1. The van der Waals surface area contributed by atoms with E-state index in [0.717, 1.165) is 18.5 Å². The van der Waals surface area contributed by atoms with Gasteiger partial charge in [0, 0.05) is 24.2 Å². The van der Waals surface area contributed by atoms with Gasteiger partial charge < -0.3 is 15.4 Å². The van der Waals surface area contributed by atoms with Crippen LogP contribution in [-0.2, 0) is 4.79 Å². The summed E-state index contributed by atoms with van der Waals surface area (Å²) in [6, 6.07) is 6.64. The number of ether oxygens (including phenoxy) is 1. The van der Waals surface area contributed by atoms with Crippen LogP contribution in [0.1, 0.15) is 46.0 Å². The molecular weight excluding hydrogens is 312 g/mol. The molecule has 2 heterocycles. The van der Waals surface area contributed by atoms with Gasteiger partial charge in [0.1, 0.15) is 5.75 Å². The average Bonchev–Trinajstić information content (AvgIpc) is 2.80. The molecule has 5 heteroatoms. The summed E-state index contributed by atoms with van der Waals surface area (Å²) in [5.74, 6) is 1.22. The van der Waals surface area contributed by atoms with Crippen LogP contribution in [0.25, 0.3) is 0 Å². The predicted molar refractivity (Wildman–Crippen MR) is 93.1 cm³/mol. The van der Waals surface area contributed by atoms with Gasteiger partial charge in [-0.1, -0.05) is 11.6 Å². The summed E-state index contributed by atoms with van der Waals surface area (Å²) in [7, 11) is 0. The van der Waals surface area contributed by atoms with E-state index < -0.39 is 0 Å². The highest BCUT2D eigenvalue weighted by atomic mass is 35.5. The largest absolute Gasteiger partial charge is 0.489 e. The Bertz CT molecular complexity index is 564. The Balaban J connectivity index is 1.54. The van der Waals surface area contributed by atoms with E-state index in [-0.39, 0.29) is 12.0 Å². The monoisotopic (exact) mass is 336 g/mol. The standard InChI is InChI=1S/C18H25ClN2O2/c1-11(2)23-17-6-5-15(10-16(17)19)21-18(22)9-12-7-13-3-4-14(8-12)20-13/h5-6,10-14,20H,3-4,7-9H2,1-2H3,(H,21,22). The first kappa shape index (κ1) is 16.6. The fourth-order valence-electron chi connectivity index (χ4n) is 3.74. The summed E-state index contributed by atoms with van der Waals surface area (Å²) >= 11 is 6.21. The van der Waals surface area contributed by atoms with Gasteiger partial charge in [-0.3, -0.25) is 4.79 Å². The molecular formula is C18H25ClN2O2. The topological polar surface area (TPSA) is 50.4 Å². The molecule has 2 fully saturated rings. The Labute approximate surface area is 142 Å². The number of halogens is 1. The van der Waals surface area contributed by atoms with Crippen molar-refractivity contribution in [3.63, 3.8) is 0 Å². The Morgan fingerprint density at radius 1 is 1.35 bits per heavy atom. The number of fused-ring (bicyclic) bond motifs is 2. The van der Waals surface area contributed by atoms with E-state index in [2.05, 4.69) is 10.6 Å². The molecule has 1 amide bonds. The van der Waals surface area contributed by atoms with E-state index in [1.54, 1.807) is 6.07 Å². The maximum absolute atomic E-state index is 12.3. The zero-order valence-electron chi connectivity index (χ0n) is 13.8. The Hall–Kier alpha value is -1.26. The molecule has 2 unspecified atom stereocenters. The number of carbonyl (C=O) groups excluding carboxylic acids is 1. The number of hydrogen-bond donors (Lipinski definition) is 2. The number of hydrogen-bond acceptors (Lipinski definition) is 3. The second-order valence-corrected chi connectivity index (χ2v) is 7.45. The van der Waals surface area contributed by atoms with Crippen molar-refractivity contribution in [3.05, 3.63) is 23.2 Å². The molecule has 0 radical (unpaired) electrons. The lowest BCUT2D eigenvalue weighted by Gasteiger charge is -2.28. The van der Waals surface area contributed by atoms with Crippen molar-refractivity contribution in [2.45, 2.75) is 64.1 Å². The quantitative estimate of drug-likeness (QED) is 0.854. The van der Waals surface area contributed by atoms with Crippen molar-refractivity contribution in [1.82, 2.24) is 5.32 Å². The van der Waals surface area contributed by atoms with Gasteiger partial charge in [-0.05, 0) is 63.6 Å². The SMILES string of the molecule is CC(C)Oc1ccc(NC(=O)CC2CC3CCC(C2)N3)cc1Cl. The molecule has 2 atom stereocenters. The second kappa shape index (κ2) is 7.10. The van der Waals surface area contributed by atoms with Crippen molar-refractivity contribution >= 4 is 23.2 Å². The minimum absolute atomic E-state index is 0.0724. The van der Waals surface area contributed by atoms with Crippen LogP contribution in [0.5, 0.6) is 5.75 Å². The van der Waals surface area contributed by atoms with Crippen LogP contribution >= 0.6 is 11.6 Å². The van der Waals surface area contributed by atoms with Crippen LogP contribution in [0, 0.1) is 5.92 Å². The summed E-state index contributed by atoms with van der Waals surface area (Å²) < 4.78 is 5.61. The van der Waals surface area contributed by atoms with Gasteiger partial charge in [0.15, 0.2) is 0 Å². The molecule has 4 nitrogen and oxygen atoms in total. The summed E-state index contributed by atoms with van der Waals surface area (Å²) in [5, 5.41) is 7.10. The van der Waals surface area contributed by atoms with Crippen LogP contribution in [0.15, 0.2) is 18.2 Å². The number of anilines is 1. The van der Waals surface area contributed by atoms with E-state index in [9.17, 15) is 4.79 Å². The minimum atomic E-state index is 0.0724. The molecule has 126 valence electrons. The van der Waals surface area contributed by atoms with Crippen LogP contribution in [0.2, 0.25) is 5.02 Å². The van der Waals surface area contributed by atoms with Gasteiger partial charge >= 0.3 is 0 Å². The zero-order chi connectivity index (χ0) is 16.4. The minimum Gasteiger partial charge on any atom is -0.489 e. The molecule has 2 saturated heterocycles. The van der Waals surface area contributed by atoms with Gasteiger partial charge in [-0.15, -0.1) is 0 Å². The summed E-state index contributed by atoms with van der Waals surface area (Å²) in [5.41, 5.74) is 0.730. The maximum Gasteiger partial charge on any atom is 0.224 e. The van der Waals surface area contributed by atoms with E-state index in [4.69, 9.17) is 16.3 Å². The number of rotatable bonds is 5. The molecule has 3 rings (SSSR count). The third-order valence-electron chi connectivity index (χ3n) is 4.62. The lowest BCUT2D eigenvalue weighted by Crippen LogP contribution is -2.39. The van der Waals surface area contributed by atoms with Gasteiger partial charge in [-0.2, -0.15) is 0 Å². The van der Waals surface area contributed by atoms with Gasteiger partial charge in [0.2, 0.25) is 5.91 Å². The normalized spacial score (nSPS) is 26.3. The number of carbonyl (C=O) groups is 1. The van der Waals surface area contributed by atoms with E-state index in [1.165, 1.54) is 12.8 Å². The summed E-state index contributed by atoms with van der Waals surface area (Å²) in [4.78, 5) is 12.3. The molecule has 0 aromatic heterocycles. The zero-order valence-corrected chi connectivity index (χ0v) is 14.5. The highest BCUT2D eigenvalue weighted by Gasteiger charge is 2.34. The Morgan fingerprint density at radius 3 is 2.65 bits per heavy atom. The summed E-state index contributed by atoms with van der Waals surface area (Å²) in [6.07, 6.45) is 5.42. The molecule has 2 N–H and O–H groups in total. The third kappa shape index (κ3) is 4.39. The molecule has 2 aliphatic rings. The van der Waals surface area contributed by atoms with Gasteiger partial charge in [-0.25, -0.2) is 0 Å². The highest BCUT2D eigenvalue weighted by Crippen LogP contribution is 2.33. The van der Waals surface area contributed by atoms with E-state index in [0.29, 0.717) is 35.2 Å². The van der Waals surface area contributed by atoms with Crippen molar-refractivity contribution in [3.8, 4) is 5.75 Å². The third-order valence-corrected chi connectivity index (χ3v) is 4.92. The molecule has 0 spiro atoms. The lowest BCUT2D eigenvalue weighted by atomic mass is 9.89. The smallest absolute Gasteiger partial charge is 0.224 e. The summed E-state index contributed by atoms with van der Waals surface area (Å²) in [6.45, 7) is 3.91. The molecule has 2 bridgehead atoms. The van der Waals surface area contributed by atoms with Crippen LogP contribution < -0.4 is 15.4 Å². The van der Waals surface area contributed by atoms with Crippen LogP contribution in [0.4, 0.5) is 5.69 Å². The molecule has 1 aromatic carbocycles. The van der Waals surface area contributed by atoms with E-state index in [1.807, 2.05) is 26.0 Å². The van der Waals surface area contributed by atoms with Crippen LogP contribution in [0.3, 0.4) is 0 Å². The fourth-order valence-corrected chi connectivity index (χ4v) is 3.97. The molecule has 1 aromatic rings. The predicted octanol–water partition coefficient (Wildman–Crippen LogP) is 3.99. The first-order valence-electron chi connectivity index (χ1n) is 8.51. The van der Waals surface area contributed by atoms with Crippen molar-refractivity contribution < 1.29 is 9.53 Å². The second-order valence-electron chi connectivity index (χ2n) is 7.04. The van der Waals surface area contributed by atoms with Gasteiger partial charge in [0.25, 0.3) is 0 Å². The Morgan fingerprint density at radius 2 is 2.04 bits per heavy atom. The van der Waals surface area contributed by atoms with Gasteiger partial charge in [0.05, 0.1) is 11.1 Å². The van der Waals surface area contributed by atoms with Crippen molar-refractivity contribution in [2.24, 2.45) is 5.92 Å².